The lowest BCUT2D eigenvalue weighted by Gasteiger charge is -2.50. The van der Waals surface area contributed by atoms with Gasteiger partial charge in [0, 0.05) is 5.92 Å². The SMILES string of the molecule is O=C(O)c1cccc(N2C(=O)[C@@H]3C4c5ccccc5C(Cl)(c5ccccc54)[C@H]3C2=O)c1. The van der Waals surface area contributed by atoms with Crippen LogP contribution in [-0.4, -0.2) is 22.9 Å². The number of nitrogens with zero attached hydrogens (tertiary/aromatic N) is 1. The van der Waals surface area contributed by atoms with Crippen LogP contribution < -0.4 is 4.90 Å². The van der Waals surface area contributed by atoms with Crippen molar-refractivity contribution in [1.82, 2.24) is 0 Å². The van der Waals surface area contributed by atoms with Crippen LogP contribution in [0.1, 0.15) is 38.5 Å². The first-order valence-electron chi connectivity index (χ1n) is 10.0. The Morgan fingerprint density at radius 2 is 1.48 bits per heavy atom. The number of rotatable bonds is 2. The molecule has 0 saturated carbocycles. The maximum Gasteiger partial charge on any atom is 0.335 e. The van der Waals surface area contributed by atoms with Gasteiger partial charge in [-0.2, -0.15) is 0 Å². The number of carboxylic acid groups (broad SMARTS) is 1. The van der Waals surface area contributed by atoms with Crippen molar-refractivity contribution in [2.24, 2.45) is 11.8 Å². The van der Waals surface area contributed by atoms with Crippen LogP contribution in [0.25, 0.3) is 0 Å². The minimum atomic E-state index is -1.15. The average Bonchev–Trinajstić information content (AvgIpc) is 3.06. The molecule has 6 heteroatoms. The van der Waals surface area contributed by atoms with Crippen molar-refractivity contribution in [3.63, 3.8) is 0 Å². The number of imide groups is 1. The first-order valence-corrected chi connectivity index (χ1v) is 10.4. The topological polar surface area (TPSA) is 74.7 Å². The summed E-state index contributed by atoms with van der Waals surface area (Å²) in [6.07, 6.45) is 0. The van der Waals surface area contributed by atoms with Crippen LogP contribution in [0.3, 0.4) is 0 Å². The molecule has 5 nitrogen and oxygen atoms in total. The van der Waals surface area contributed by atoms with Gasteiger partial charge in [-0.05, 0) is 40.5 Å². The lowest BCUT2D eigenvalue weighted by Crippen LogP contribution is -2.50. The Morgan fingerprint density at radius 1 is 0.871 bits per heavy atom. The zero-order chi connectivity index (χ0) is 21.5. The normalized spacial score (nSPS) is 27.6. The molecule has 7 rings (SSSR count). The van der Waals surface area contributed by atoms with Crippen LogP contribution in [0, 0.1) is 11.8 Å². The summed E-state index contributed by atoms with van der Waals surface area (Å²) in [6.45, 7) is 0. The number of alkyl halides is 1. The monoisotopic (exact) mass is 429 g/mol. The van der Waals surface area contributed by atoms with Gasteiger partial charge in [0.1, 0.15) is 4.87 Å². The zero-order valence-corrected chi connectivity index (χ0v) is 16.9. The molecule has 1 aliphatic heterocycles. The van der Waals surface area contributed by atoms with Crippen molar-refractivity contribution >= 4 is 35.1 Å². The fourth-order valence-electron chi connectivity index (χ4n) is 5.71. The molecule has 0 spiro atoms. The number of amides is 2. The quantitative estimate of drug-likeness (QED) is 0.491. The summed E-state index contributed by atoms with van der Waals surface area (Å²) in [7, 11) is 0. The first-order chi connectivity index (χ1) is 14.9. The number of carbonyl (C=O) groups excluding carboxylic acids is 2. The summed E-state index contributed by atoms with van der Waals surface area (Å²) in [6, 6.07) is 21.4. The van der Waals surface area contributed by atoms with Gasteiger partial charge in [-0.1, -0.05) is 54.6 Å². The molecule has 4 aliphatic rings. The van der Waals surface area contributed by atoms with Crippen molar-refractivity contribution < 1.29 is 19.5 Å². The molecule has 3 aromatic carbocycles. The maximum atomic E-state index is 13.7. The molecule has 2 bridgehead atoms. The number of benzene rings is 3. The van der Waals surface area contributed by atoms with Gasteiger partial charge in [0.2, 0.25) is 11.8 Å². The highest BCUT2D eigenvalue weighted by atomic mass is 35.5. The first kappa shape index (κ1) is 18.3. The number of hydrogen-bond donors (Lipinski definition) is 1. The van der Waals surface area contributed by atoms with Crippen LogP contribution in [0.2, 0.25) is 0 Å². The minimum Gasteiger partial charge on any atom is -0.478 e. The van der Waals surface area contributed by atoms with Crippen molar-refractivity contribution in [3.05, 3.63) is 101 Å². The van der Waals surface area contributed by atoms with Crippen molar-refractivity contribution in [3.8, 4) is 0 Å². The number of carbonyl (C=O) groups is 3. The lowest BCUT2D eigenvalue weighted by atomic mass is 9.54. The molecule has 0 aromatic heterocycles. The summed E-state index contributed by atoms with van der Waals surface area (Å²) in [5, 5.41) is 9.35. The van der Waals surface area contributed by atoms with E-state index in [-0.39, 0.29) is 29.0 Å². The van der Waals surface area contributed by atoms with Gasteiger partial charge in [-0.25, -0.2) is 9.69 Å². The number of carboxylic acids is 1. The highest BCUT2D eigenvalue weighted by Crippen LogP contribution is 2.65. The van der Waals surface area contributed by atoms with Crippen LogP contribution in [0.5, 0.6) is 0 Å². The summed E-state index contributed by atoms with van der Waals surface area (Å²) in [4.78, 5) is 38.8. The fourth-order valence-corrected chi connectivity index (χ4v) is 6.28. The Balaban J connectivity index is 1.58. The predicted octanol–water partition coefficient (Wildman–Crippen LogP) is 4.13. The molecule has 1 fully saturated rings. The van der Waals surface area contributed by atoms with Crippen LogP contribution >= 0.6 is 11.6 Å². The molecule has 3 aromatic rings. The van der Waals surface area contributed by atoms with Crippen molar-refractivity contribution in [1.29, 1.82) is 0 Å². The third-order valence-corrected chi connectivity index (χ3v) is 7.51. The average molecular weight is 430 g/mol. The van der Waals surface area contributed by atoms with E-state index in [1.165, 1.54) is 18.2 Å². The smallest absolute Gasteiger partial charge is 0.335 e. The molecule has 0 radical (unpaired) electrons. The van der Waals surface area contributed by atoms with Gasteiger partial charge < -0.3 is 5.11 Å². The Kier molecular flexibility index (Phi) is 3.58. The van der Waals surface area contributed by atoms with E-state index in [1.54, 1.807) is 6.07 Å². The third-order valence-electron chi connectivity index (χ3n) is 6.87. The lowest BCUT2D eigenvalue weighted by molar-refractivity contribution is -0.122. The highest BCUT2D eigenvalue weighted by Gasteiger charge is 2.67. The highest BCUT2D eigenvalue weighted by molar-refractivity contribution is 6.33. The standard InChI is InChI=1S/C25H16ClNO4/c26-25-17-10-3-1-8-15(17)19(16-9-2-4-11-18(16)25)20-21(25)23(29)27(22(20)28)14-7-5-6-13(12-14)24(30)31/h1-12,19-21H,(H,30,31)/t19?,20-,21-,25?/m1/s1. The third kappa shape index (κ3) is 2.14. The van der Waals surface area contributed by atoms with Gasteiger partial charge in [-0.3, -0.25) is 9.59 Å². The molecule has 1 saturated heterocycles. The number of halogens is 1. The van der Waals surface area contributed by atoms with Crippen LogP contribution in [-0.2, 0) is 14.5 Å². The second kappa shape index (κ2) is 6.05. The van der Waals surface area contributed by atoms with Crippen molar-refractivity contribution in [2.45, 2.75) is 10.8 Å². The van der Waals surface area contributed by atoms with Gasteiger partial charge in [0.05, 0.1) is 23.1 Å². The van der Waals surface area contributed by atoms with Crippen LogP contribution in [0.15, 0.2) is 72.8 Å². The van der Waals surface area contributed by atoms with E-state index in [9.17, 15) is 19.5 Å². The number of aromatic carboxylic acids is 1. The zero-order valence-electron chi connectivity index (χ0n) is 16.2. The number of anilines is 1. The molecular weight excluding hydrogens is 414 g/mol. The summed E-state index contributed by atoms with van der Waals surface area (Å²) < 4.78 is 0. The maximum absolute atomic E-state index is 13.7. The van der Waals surface area contributed by atoms with E-state index in [1.807, 2.05) is 48.5 Å². The molecule has 2 atom stereocenters. The molecule has 2 amide bonds. The van der Waals surface area contributed by atoms with Gasteiger partial charge >= 0.3 is 5.97 Å². The summed E-state index contributed by atoms with van der Waals surface area (Å²) in [5.41, 5.74) is 3.95. The van der Waals surface area contributed by atoms with Crippen molar-refractivity contribution in [2.75, 3.05) is 4.90 Å². The van der Waals surface area contributed by atoms with Crippen LogP contribution in [0.4, 0.5) is 5.69 Å². The fraction of sp³-hybridized carbons (Fsp3) is 0.160. The second-order valence-electron chi connectivity index (χ2n) is 8.23. The van der Waals surface area contributed by atoms with E-state index in [4.69, 9.17) is 11.6 Å². The minimum absolute atomic E-state index is 0.0168. The van der Waals surface area contributed by atoms with E-state index in [2.05, 4.69) is 0 Å². The molecule has 1 heterocycles. The summed E-state index contributed by atoms with van der Waals surface area (Å²) >= 11 is 7.36. The molecule has 1 N–H and O–H groups in total. The van der Waals surface area contributed by atoms with Gasteiger partial charge in [-0.15, -0.1) is 11.6 Å². The Bertz CT molecular complexity index is 1270. The Labute approximate surface area is 182 Å². The van der Waals surface area contributed by atoms with E-state index >= 15 is 0 Å². The number of hydrogen-bond acceptors (Lipinski definition) is 3. The molecule has 0 unspecified atom stereocenters. The van der Waals surface area contributed by atoms with E-state index < -0.39 is 22.7 Å². The Hall–Kier alpha value is -3.44. The second-order valence-corrected chi connectivity index (χ2v) is 8.83. The summed E-state index contributed by atoms with van der Waals surface area (Å²) in [5.74, 6) is -3.51. The largest absolute Gasteiger partial charge is 0.478 e. The van der Waals surface area contributed by atoms with Gasteiger partial charge in [0.25, 0.3) is 0 Å². The predicted molar refractivity (Wildman–Crippen MR) is 114 cm³/mol. The molecular formula is C25H16ClNO4. The molecule has 31 heavy (non-hydrogen) atoms. The van der Waals surface area contributed by atoms with Gasteiger partial charge in [0.15, 0.2) is 0 Å². The Morgan fingerprint density at radius 3 is 2.10 bits per heavy atom. The molecule has 152 valence electrons. The molecule has 3 aliphatic carbocycles. The van der Waals surface area contributed by atoms with E-state index in [0.29, 0.717) is 0 Å². The van der Waals surface area contributed by atoms with E-state index in [0.717, 1.165) is 27.2 Å².